The molecule has 1 unspecified atom stereocenters. The number of carbonyl (C=O) groups is 1. The van der Waals surface area contributed by atoms with Crippen LogP contribution < -0.4 is 5.32 Å². The second-order valence-corrected chi connectivity index (χ2v) is 7.79. The molecule has 25 heavy (non-hydrogen) atoms. The SMILES string of the molecule is Cc1ccc(-c2nc(C(=O)NCC(c3ccsc3)N(C)C)cs2)cc1. The highest BCUT2D eigenvalue weighted by molar-refractivity contribution is 7.13. The molecule has 2 aromatic heterocycles. The van der Waals surface area contributed by atoms with E-state index in [1.165, 1.54) is 22.5 Å². The Labute approximate surface area is 156 Å². The number of thiophene rings is 1. The maximum Gasteiger partial charge on any atom is 0.270 e. The minimum atomic E-state index is -0.128. The van der Waals surface area contributed by atoms with Crippen LogP contribution in [0, 0.1) is 6.92 Å². The van der Waals surface area contributed by atoms with Gasteiger partial charge in [-0.25, -0.2) is 4.98 Å². The third kappa shape index (κ3) is 4.34. The number of nitrogens with zero attached hydrogens (tertiary/aromatic N) is 2. The number of aryl methyl sites for hydroxylation is 1. The zero-order valence-corrected chi connectivity index (χ0v) is 16.2. The number of rotatable bonds is 6. The number of thiazole rings is 1. The third-order valence-electron chi connectivity index (χ3n) is 4.04. The van der Waals surface area contributed by atoms with Crippen molar-refractivity contribution in [1.82, 2.24) is 15.2 Å². The van der Waals surface area contributed by atoms with Gasteiger partial charge < -0.3 is 10.2 Å². The van der Waals surface area contributed by atoms with Gasteiger partial charge in [-0.15, -0.1) is 11.3 Å². The Morgan fingerprint density at radius 2 is 1.96 bits per heavy atom. The first-order chi connectivity index (χ1) is 12.0. The highest BCUT2D eigenvalue weighted by Gasteiger charge is 2.17. The molecule has 6 heteroatoms. The van der Waals surface area contributed by atoms with Gasteiger partial charge in [-0.1, -0.05) is 29.8 Å². The second kappa shape index (κ2) is 7.91. The fourth-order valence-electron chi connectivity index (χ4n) is 2.55. The van der Waals surface area contributed by atoms with Crippen molar-refractivity contribution < 1.29 is 4.79 Å². The van der Waals surface area contributed by atoms with E-state index < -0.39 is 0 Å². The van der Waals surface area contributed by atoms with Crippen LogP contribution in [0.3, 0.4) is 0 Å². The minimum absolute atomic E-state index is 0.128. The molecule has 0 saturated carbocycles. The summed E-state index contributed by atoms with van der Waals surface area (Å²) in [5, 5.41) is 9.88. The van der Waals surface area contributed by atoms with Gasteiger partial charge in [0, 0.05) is 17.5 Å². The monoisotopic (exact) mass is 371 g/mol. The Kier molecular flexibility index (Phi) is 5.63. The van der Waals surface area contributed by atoms with Gasteiger partial charge in [0.1, 0.15) is 10.7 Å². The van der Waals surface area contributed by atoms with Crippen LogP contribution in [0.15, 0.2) is 46.5 Å². The number of likely N-dealkylation sites (N-methyl/N-ethyl adjacent to an activating group) is 1. The lowest BCUT2D eigenvalue weighted by molar-refractivity contribution is 0.0937. The number of carbonyl (C=O) groups excluding carboxylic acids is 1. The summed E-state index contributed by atoms with van der Waals surface area (Å²) in [6.45, 7) is 2.61. The summed E-state index contributed by atoms with van der Waals surface area (Å²) in [7, 11) is 4.04. The topological polar surface area (TPSA) is 45.2 Å². The van der Waals surface area contributed by atoms with Crippen molar-refractivity contribution in [3.63, 3.8) is 0 Å². The standard InChI is InChI=1S/C19H21N3OS2/c1-13-4-6-14(7-5-13)19-21-16(12-25-19)18(23)20-10-17(22(2)3)15-8-9-24-11-15/h4-9,11-12,17H,10H2,1-3H3,(H,20,23). The van der Waals surface area contributed by atoms with E-state index in [0.717, 1.165) is 10.6 Å². The Morgan fingerprint density at radius 1 is 1.20 bits per heavy atom. The number of hydrogen-bond donors (Lipinski definition) is 1. The summed E-state index contributed by atoms with van der Waals surface area (Å²) >= 11 is 3.16. The maximum atomic E-state index is 12.5. The summed E-state index contributed by atoms with van der Waals surface area (Å²) in [6, 6.07) is 10.4. The van der Waals surface area contributed by atoms with Crippen molar-refractivity contribution >= 4 is 28.6 Å². The minimum Gasteiger partial charge on any atom is -0.349 e. The van der Waals surface area contributed by atoms with Crippen molar-refractivity contribution in [1.29, 1.82) is 0 Å². The van der Waals surface area contributed by atoms with Gasteiger partial charge in [0.25, 0.3) is 5.91 Å². The number of hydrogen-bond acceptors (Lipinski definition) is 5. The van der Waals surface area contributed by atoms with Gasteiger partial charge >= 0.3 is 0 Å². The van der Waals surface area contributed by atoms with Gasteiger partial charge in [-0.3, -0.25) is 4.79 Å². The normalized spacial score (nSPS) is 12.3. The molecule has 2 heterocycles. The lowest BCUT2D eigenvalue weighted by Gasteiger charge is -2.23. The molecule has 3 aromatic rings. The highest BCUT2D eigenvalue weighted by atomic mass is 32.1. The molecule has 1 N–H and O–H groups in total. The molecule has 0 aliphatic rings. The van der Waals surface area contributed by atoms with Gasteiger partial charge in [-0.2, -0.15) is 11.3 Å². The summed E-state index contributed by atoms with van der Waals surface area (Å²) in [6.07, 6.45) is 0. The Balaban J connectivity index is 1.66. The molecule has 0 spiro atoms. The third-order valence-corrected chi connectivity index (χ3v) is 5.64. The average Bonchev–Trinajstić information content (AvgIpc) is 3.27. The molecular formula is C19H21N3OS2. The van der Waals surface area contributed by atoms with E-state index in [1.807, 2.05) is 31.6 Å². The molecule has 0 aliphatic heterocycles. The molecule has 0 bridgehead atoms. The zero-order chi connectivity index (χ0) is 17.8. The highest BCUT2D eigenvalue weighted by Crippen LogP contribution is 2.24. The van der Waals surface area contributed by atoms with E-state index in [4.69, 9.17) is 0 Å². The van der Waals surface area contributed by atoms with Crippen LogP contribution in [-0.4, -0.2) is 36.4 Å². The summed E-state index contributed by atoms with van der Waals surface area (Å²) in [5.41, 5.74) is 3.94. The van der Waals surface area contributed by atoms with E-state index in [1.54, 1.807) is 11.3 Å². The van der Waals surface area contributed by atoms with Crippen LogP contribution in [0.1, 0.15) is 27.7 Å². The van der Waals surface area contributed by atoms with E-state index in [0.29, 0.717) is 12.2 Å². The van der Waals surface area contributed by atoms with Crippen LogP contribution in [0.4, 0.5) is 0 Å². The van der Waals surface area contributed by atoms with Crippen LogP contribution in [-0.2, 0) is 0 Å². The Morgan fingerprint density at radius 3 is 2.60 bits per heavy atom. The Hall–Kier alpha value is -2.02. The molecule has 130 valence electrons. The van der Waals surface area contributed by atoms with Crippen molar-refractivity contribution in [3.05, 3.63) is 63.3 Å². The lowest BCUT2D eigenvalue weighted by atomic mass is 10.1. The van der Waals surface area contributed by atoms with Crippen molar-refractivity contribution in [2.45, 2.75) is 13.0 Å². The van der Waals surface area contributed by atoms with Gasteiger partial charge in [0.15, 0.2) is 0 Å². The van der Waals surface area contributed by atoms with Crippen molar-refractivity contribution in [3.8, 4) is 10.6 Å². The van der Waals surface area contributed by atoms with Crippen LogP contribution in [0.25, 0.3) is 10.6 Å². The van der Waals surface area contributed by atoms with E-state index >= 15 is 0 Å². The largest absolute Gasteiger partial charge is 0.349 e. The molecule has 1 atom stereocenters. The number of benzene rings is 1. The summed E-state index contributed by atoms with van der Waals surface area (Å²) < 4.78 is 0. The first kappa shape index (κ1) is 17.8. The molecule has 0 saturated heterocycles. The molecule has 0 aliphatic carbocycles. The first-order valence-corrected chi connectivity index (χ1v) is 9.86. The predicted molar refractivity (Wildman–Crippen MR) is 105 cm³/mol. The molecule has 4 nitrogen and oxygen atoms in total. The number of aromatic nitrogens is 1. The lowest BCUT2D eigenvalue weighted by Crippen LogP contribution is -2.34. The molecule has 3 rings (SSSR count). The predicted octanol–water partition coefficient (Wildman–Crippen LogP) is 4.21. The van der Waals surface area contributed by atoms with Crippen LogP contribution >= 0.6 is 22.7 Å². The maximum absolute atomic E-state index is 12.5. The van der Waals surface area contributed by atoms with Gasteiger partial charge in [0.2, 0.25) is 0 Å². The fraction of sp³-hybridized carbons (Fsp3) is 0.263. The Bertz CT molecular complexity index is 823. The molecular weight excluding hydrogens is 350 g/mol. The smallest absolute Gasteiger partial charge is 0.270 e. The van der Waals surface area contributed by atoms with Crippen LogP contribution in [0.2, 0.25) is 0 Å². The molecule has 1 aromatic carbocycles. The average molecular weight is 372 g/mol. The van der Waals surface area contributed by atoms with Crippen molar-refractivity contribution in [2.75, 3.05) is 20.6 Å². The fourth-order valence-corrected chi connectivity index (χ4v) is 4.06. The summed E-state index contributed by atoms with van der Waals surface area (Å²) in [5.74, 6) is -0.128. The quantitative estimate of drug-likeness (QED) is 0.706. The molecule has 0 fully saturated rings. The summed E-state index contributed by atoms with van der Waals surface area (Å²) in [4.78, 5) is 19.1. The molecule has 0 radical (unpaired) electrons. The number of nitrogens with one attached hydrogen (secondary N) is 1. The second-order valence-electron chi connectivity index (χ2n) is 6.15. The molecule has 1 amide bonds. The van der Waals surface area contributed by atoms with Crippen molar-refractivity contribution in [2.24, 2.45) is 0 Å². The number of amides is 1. The van der Waals surface area contributed by atoms with Crippen LogP contribution in [0.5, 0.6) is 0 Å². The van der Waals surface area contributed by atoms with E-state index in [2.05, 4.69) is 51.1 Å². The zero-order valence-electron chi connectivity index (χ0n) is 14.5. The van der Waals surface area contributed by atoms with Gasteiger partial charge in [-0.05, 0) is 43.4 Å². The van der Waals surface area contributed by atoms with E-state index in [9.17, 15) is 4.79 Å². The van der Waals surface area contributed by atoms with E-state index in [-0.39, 0.29) is 11.9 Å². The van der Waals surface area contributed by atoms with Gasteiger partial charge in [0.05, 0.1) is 6.04 Å². The first-order valence-electron chi connectivity index (χ1n) is 8.04.